The molecule has 0 radical (unpaired) electrons. The number of nitro groups is 1. The predicted octanol–water partition coefficient (Wildman–Crippen LogP) is 3.18. The zero-order chi connectivity index (χ0) is 16.4. The number of carboxylic acid groups (broad SMARTS) is 1. The number of carboxylic acids is 1. The Bertz CT molecular complexity index is 577. The topological polar surface area (TPSA) is 83.7 Å². The van der Waals surface area contributed by atoms with Crippen LogP contribution in [0.25, 0.3) is 0 Å². The minimum atomic E-state index is -4.82. The maximum Gasteiger partial charge on any atom is 0.418 e. The molecule has 0 aliphatic rings. The van der Waals surface area contributed by atoms with Gasteiger partial charge in [0, 0.05) is 19.7 Å². The van der Waals surface area contributed by atoms with Crippen LogP contribution in [-0.2, 0) is 11.0 Å². The van der Waals surface area contributed by atoms with Gasteiger partial charge in [-0.25, -0.2) is 0 Å². The lowest BCUT2D eigenvalue weighted by molar-refractivity contribution is -0.384. The number of nitro benzene ring substituents is 1. The molecule has 0 unspecified atom stereocenters. The van der Waals surface area contributed by atoms with Crippen molar-refractivity contribution in [1.82, 2.24) is 0 Å². The van der Waals surface area contributed by atoms with E-state index in [1.165, 1.54) is 7.05 Å². The van der Waals surface area contributed by atoms with E-state index in [1.54, 1.807) is 0 Å². The average Bonchev–Trinajstić information content (AvgIpc) is 2.33. The molecule has 0 spiro atoms. The van der Waals surface area contributed by atoms with E-state index < -0.39 is 33.3 Å². The van der Waals surface area contributed by atoms with Gasteiger partial charge in [-0.2, -0.15) is 13.2 Å². The van der Waals surface area contributed by atoms with Crippen LogP contribution in [0.1, 0.15) is 12.0 Å². The Morgan fingerprint density at radius 1 is 1.48 bits per heavy atom. The smallest absolute Gasteiger partial charge is 0.418 e. The van der Waals surface area contributed by atoms with E-state index in [0.717, 1.165) is 11.0 Å². The third kappa shape index (κ3) is 4.22. The number of halogens is 4. The maximum absolute atomic E-state index is 12.7. The van der Waals surface area contributed by atoms with E-state index >= 15 is 0 Å². The molecule has 6 nitrogen and oxygen atoms in total. The molecular formula is C11H10ClF3N2O4. The molecule has 1 aromatic rings. The maximum atomic E-state index is 12.7. The molecule has 1 aromatic carbocycles. The number of anilines is 1. The molecule has 0 bridgehead atoms. The van der Waals surface area contributed by atoms with Crippen LogP contribution in [0.2, 0.25) is 5.02 Å². The predicted molar refractivity (Wildman–Crippen MR) is 68.6 cm³/mol. The zero-order valence-electron chi connectivity index (χ0n) is 10.6. The Morgan fingerprint density at radius 2 is 2.05 bits per heavy atom. The normalized spacial score (nSPS) is 11.3. The van der Waals surface area contributed by atoms with Crippen LogP contribution in [0.3, 0.4) is 0 Å². The van der Waals surface area contributed by atoms with Crippen molar-refractivity contribution in [3.63, 3.8) is 0 Å². The summed E-state index contributed by atoms with van der Waals surface area (Å²) in [7, 11) is 1.33. The first-order valence-corrected chi connectivity index (χ1v) is 5.90. The van der Waals surface area contributed by atoms with Crippen molar-refractivity contribution in [2.45, 2.75) is 12.6 Å². The SMILES string of the molecule is CN(CCC(=O)O)c1cc(Cl)c(C(F)(F)F)cc1[N+](=O)[O-]. The Kier molecular flexibility index (Phi) is 5.00. The Hall–Kier alpha value is -2.03. The number of aliphatic carboxylic acids is 1. The molecule has 1 N–H and O–H groups in total. The summed E-state index contributed by atoms with van der Waals surface area (Å²) < 4.78 is 38.0. The fourth-order valence-corrected chi connectivity index (χ4v) is 1.87. The molecule has 116 valence electrons. The average molecular weight is 327 g/mol. The van der Waals surface area contributed by atoms with E-state index in [2.05, 4.69) is 0 Å². The Balaban J connectivity index is 3.29. The van der Waals surface area contributed by atoms with Gasteiger partial charge in [-0.1, -0.05) is 11.6 Å². The highest BCUT2D eigenvalue weighted by Crippen LogP contribution is 2.41. The minimum Gasteiger partial charge on any atom is -0.481 e. The summed E-state index contributed by atoms with van der Waals surface area (Å²) in [6.45, 7) is -0.113. The second kappa shape index (κ2) is 6.17. The van der Waals surface area contributed by atoms with E-state index in [9.17, 15) is 28.1 Å². The number of carbonyl (C=O) groups is 1. The molecule has 0 aliphatic heterocycles. The number of benzene rings is 1. The number of hydrogen-bond acceptors (Lipinski definition) is 4. The minimum absolute atomic E-state index is 0.113. The molecule has 0 aliphatic carbocycles. The summed E-state index contributed by atoms with van der Waals surface area (Å²) in [6, 6.07) is 1.15. The summed E-state index contributed by atoms with van der Waals surface area (Å²) in [4.78, 5) is 21.6. The van der Waals surface area contributed by atoms with Gasteiger partial charge in [-0.3, -0.25) is 14.9 Å². The second-order valence-electron chi connectivity index (χ2n) is 4.14. The number of hydrogen-bond donors (Lipinski definition) is 1. The molecule has 21 heavy (non-hydrogen) atoms. The van der Waals surface area contributed by atoms with Crippen molar-refractivity contribution < 1.29 is 28.0 Å². The van der Waals surface area contributed by atoms with Gasteiger partial charge in [0.15, 0.2) is 0 Å². The first kappa shape index (κ1) is 17.0. The van der Waals surface area contributed by atoms with Gasteiger partial charge >= 0.3 is 12.1 Å². The fourth-order valence-electron chi connectivity index (χ4n) is 1.60. The quantitative estimate of drug-likeness (QED) is 0.663. The highest BCUT2D eigenvalue weighted by atomic mass is 35.5. The summed E-state index contributed by atoms with van der Waals surface area (Å²) in [5.41, 5.74) is -2.29. The summed E-state index contributed by atoms with van der Waals surface area (Å²) in [5, 5.41) is 18.8. The van der Waals surface area contributed by atoms with E-state index in [4.69, 9.17) is 16.7 Å². The zero-order valence-corrected chi connectivity index (χ0v) is 11.4. The van der Waals surface area contributed by atoms with Gasteiger partial charge in [-0.15, -0.1) is 0 Å². The molecule has 1 rings (SSSR count). The lowest BCUT2D eigenvalue weighted by Gasteiger charge is -2.20. The van der Waals surface area contributed by atoms with Gasteiger partial charge in [-0.05, 0) is 6.07 Å². The highest BCUT2D eigenvalue weighted by Gasteiger charge is 2.36. The van der Waals surface area contributed by atoms with Gasteiger partial charge < -0.3 is 10.0 Å². The first-order chi connectivity index (χ1) is 9.54. The Morgan fingerprint density at radius 3 is 2.48 bits per heavy atom. The van der Waals surface area contributed by atoms with Crippen molar-refractivity contribution in [3.8, 4) is 0 Å². The fraction of sp³-hybridized carbons (Fsp3) is 0.364. The van der Waals surface area contributed by atoms with Crippen LogP contribution in [0, 0.1) is 10.1 Å². The lowest BCUT2D eigenvalue weighted by Crippen LogP contribution is -2.22. The van der Waals surface area contributed by atoms with Gasteiger partial charge in [0.2, 0.25) is 0 Å². The lowest BCUT2D eigenvalue weighted by atomic mass is 10.1. The third-order valence-electron chi connectivity index (χ3n) is 2.64. The van der Waals surface area contributed by atoms with Crippen LogP contribution in [-0.4, -0.2) is 29.6 Å². The van der Waals surface area contributed by atoms with Crippen LogP contribution in [0.15, 0.2) is 12.1 Å². The molecule has 0 saturated heterocycles. The highest BCUT2D eigenvalue weighted by molar-refractivity contribution is 6.31. The molecular weight excluding hydrogens is 317 g/mol. The summed E-state index contributed by atoms with van der Waals surface area (Å²) in [5.74, 6) is -1.14. The monoisotopic (exact) mass is 326 g/mol. The van der Waals surface area contributed by atoms with Crippen LogP contribution in [0.5, 0.6) is 0 Å². The molecule has 0 heterocycles. The van der Waals surface area contributed by atoms with Crippen molar-refractivity contribution in [2.75, 3.05) is 18.5 Å². The first-order valence-electron chi connectivity index (χ1n) is 5.52. The molecule has 0 amide bonds. The molecule has 0 fully saturated rings. The van der Waals surface area contributed by atoms with E-state index in [-0.39, 0.29) is 18.7 Å². The van der Waals surface area contributed by atoms with Gasteiger partial charge in [0.1, 0.15) is 5.69 Å². The standard InChI is InChI=1S/C11H10ClF3N2O4/c1-16(3-2-10(18)19)8-5-7(12)6(11(13,14)15)4-9(8)17(20)21/h4-5H,2-3H2,1H3,(H,18,19). The Labute approximate surface area is 121 Å². The van der Waals surface area contributed by atoms with Gasteiger partial charge in [0.25, 0.3) is 5.69 Å². The van der Waals surface area contributed by atoms with Crippen molar-refractivity contribution in [2.24, 2.45) is 0 Å². The van der Waals surface area contributed by atoms with E-state index in [0.29, 0.717) is 6.07 Å². The van der Waals surface area contributed by atoms with Gasteiger partial charge in [0.05, 0.1) is 21.9 Å². The van der Waals surface area contributed by atoms with Crippen molar-refractivity contribution in [3.05, 3.63) is 32.8 Å². The largest absolute Gasteiger partial charge is 0.481 e. The van der Waals surface area contributed by atoms with Crippen LogP contribution >= 0.6 is 11.6 Å². The van der Waals surface area contributed by atoms with Crippen LogP contribution < -0.4 is 4.90 Å². The third-order valence-corrected chi connectivity index (χ3v) is 2.95. The van der Waals surface area contributed by atoms with E-state index in [1.807, 2.05) is 0 Å². The van der Waals surface area contributed by atoms with Crippen LogP contribution in [0.4, 0.5) is 24.5 Å². The molecule has 0 atom stereocenters. The number of alkyl halides is 3. The number of nitrogens with zero attached hydrogens (tertiary/aromatic N) is 2. The molecule has 0 aromatic heterocycles. The van der Waals surface area contributed by atoms with Crippen molar-refractivity contribution >= 4 is 28.9 Å². The van der Waals surface area contributed by atoms with Crippen molar-refractivity contribution in [1.29, 1.82) is 0 Å². The summed E-state index contributed by atoms with van der Waals surface area (Å²) in [6.07, 6.45) is -5.15. The summed E-state index contributed by atoms with van der Waals surface area (Å²) >= 11 is 5.51. The second-order valence-corrected chi connectivity index (χ2v) is 4.55. The molecule has 10 heteroatoms. The number of rotatable bonds is 5. The molecule has 0 saturated carbocycles.